The van der Waals surface area contributed by atoms with Crippen LogP contribution < -0.4 is 5.76 Å². The zero-order chi connectivity index (χ0) is 20.9. The molecule has 0 saturated carbocycles. The summed E-state index contributed by atoms with van der Waals surface area (Å²) in [7, 11) is 0. The Balaban J connectivity index is 1.77. The van der Waals surface area contributed by atoms with Crippen molar-refractivity contribution < 1.29 is 4.42 Å². The van der Waals surface area contributed by atoms with Gasteiger partial charge in [-0.05, 0) is 66.6 Å². The lowest BCUT2D eigenvalue weighted by atomic mass is 9.87. The van der Waals surface area contributed by atoms with Crippen LogP contribution in [0.2, 0.25) is 5.02 Å². The summed E-state index contributed by atoms with van der Waals surface area (Å²) in [4.78, 5) is 18.4. The van der Waals surface area contributed by atoms with Gasteiger partial charge in [0.05, 0.1) is 5.69 Å². The number of aromatic amines is 1. The number of rotatable bonds is 3. The Labute approximate surface area is 186 Å². The van der Waals surface area contributed by atoms with Crippen molar-refractivity contribution in [3.05, 3.63) is 75.6 Å². The summed E-state index contributed by atoms with van der Waals surface area (Å²) in [5.41, 5.74) is 5.66. The molecule has 6 nitrogen and oxygen atoms in total. The number of halogens is 1. The number of aryl methyl sites for hydroxylation is 1. The summed E-state index contributed by atoms with van der Waals surface area (Å²) in [6.07, 6.45) is 8.22. The fourth-order valence-electron chi connectivity index (χ4n) is 4.41. The van der Waals surface area contributed by atoms with Gasteiger partial charge < -0.3 is 8.98 Å². The van der Waals surface area contributed by atoms with Gasteiger partial charge in [-0.2, -0.15) is 0 Å². The number of hydrogen-bond donors (Lipinski definition) is 1. The molecule has 4 aromatic heterocycles. The highest BCUT2D eigenvalue weighted by Crippen LogP contribution is 2.46. The molecule has 1 aliphatic rings. The van der Waals surface area contributed by atoms with Gasteiger partial charge in [0.25, 0.3) is 5.89 Å². The van der Waals surface area contributed by atoms with Crippen LogP contribution in [0.5, 0.6) is 0 Å². The molecule has 5 aromatic rings. The molecule has 154 valence electrons. The number of nitrogens with zero attached hydrogens (tertiary/aromatic N) is 3. The van der Waals surface area contributed by atoms with Crippen molar-refractivity contribution in [1.29, 1.82) is 0 Å². The van der Waals surface area contributed by atoms with E-state index in [4.69, 9.17) is 21.0 Å². The molecule has 0 amide bonds. The SMILES string of the molecule is O=c1[nH]nc(-c2sc3nc4c(c(-c5ccc(Cl)cc5)c3c2-n2cccc2)CCCC4)o1. The normalized spacial score (nSPS) is 13.6. The molecule has 0 unspecified atom stereocenters. The van der Waals surface area contributed by atoms with Crippen LogP contribution >= 0.6 is 22.9 Å². The van der Waals surface area contributed by atoms with Crippen LogP contribution in [0.4, 0.5) is 0 Å². The van der Waals surface area contributed by atoms with Gasteiger partial charge in [0.2, 0.25) is 0 Å². The Hall–Kier alpha value is -3.16. The molecule has 4 heterocycles. The Morgan fingerprint density at radius 1 is 1.10 bits per heavy atom. The smallest absolute Gasteiger partial charge is 0.387 e. The monoisotopic (exact) mass is 448 g/mol. The molecular weight excluding hydrogens is 432 g/mol. The van der Waals surface area contributed by atoms with E-state index in [0.717, 1.165) is 57.7 Å². The third kappa shape index (κ3) is 3.04. The van der Waals surface area contributed by atoms with E-state index in [-0.39, 0.29) is 5.89 Å². The number of pyridine rings is 1. The minimum Gasteiger partial charge on any atom is -0.387 e. The number of nitrogens with one attached hydrogen (secondary N) is 1. The Morgan fingerprint density at radius 3 is 2.61 bits per heavy atom. The molecule has 1 N–H and O–H groups in total. The van der Waals surface area contributed by atoms with Crippen LogP contribution in [0, 0.1) is 0 Å². The maximum absolute atomic E-state index is 11.7. The maximum Gasteiger partial charge on any atom is 0.434 e. The molecule has 0 bridgehead atoms. The van der Waals surface area contributed by atoms with Crippen molar-refractivity contribution in [2.75, 3.05) is 0 Å². The second kappa shape index (κ2) is 7.21. The summed E-state index contributed by atoms with van der Waals surface area (Å²) in [5.74, 6) is -0.298. The number of hydrogen-bond acceptors (Lipinski definition) is 5. The third-order valence-electron chi connectivity index (χ3n) is 5.72. The average molecular weight is 449 g/mol. The van der Waals surface area contributed by atoms with E-state index < -0.39 is 5.76 Å². The summed E-state index contributed by atoms with van der Waals surface area (Å²) in [6.45, 7) is 0. The molecule has 0 spiro atoms. The molecule has 1 aromatic carbocycles. The largest absolute Gasteiger partial charge is 0.434 e. The highest BCUT2D eigenvalue weighted by Gasteiger charge is 2.27. The highest BCUT2D eigenvalue weighted by atomic mass is 35.5. The molecule has 0 atom stereocenters. The zero-order valence-electron chi connectivity index (χ0n) is 16.4. The standard InChI is InChI=1S/C23H17ClN4O2S/c24-14-9-7-13(8-10-14)17-15-5-1-2-6-16(15)25-22-18(17)19(28-11-3-4-12-28)20(31-22)21-26-27-23(29)30-21/h3-4,7-12H,1-2,5-6H2,(H,27,29). The molecule has 1 aliphatic carbocycles. The third-order valence-corrected chi connectivity index (χ3v) is 7.03. The Morgan fingerprint density at radius 2 is 1.87 bits per heavy atom. The maximum atomic E-state index is 11.7. The molecule has 6 rings (SSSR count). The number of aromatic nitrogens is 4. The average Bonchev–Trinajstić information content (AvgIpc) is 3.52. The molecular formula is C23H17ClN4O2S. The lowest BCUT2D eigenvalue weighted by molar-refractivity contribution is 0.528. The number of fused-ring (bicyclic) bond motifs is 2. The predicted molar refractivity (Wildman–Crippen MR) is 122 cm³/mol. The fourth-order valence-corrected chi connectivity index (χ4v) is 5.66. The first-order chi connectivity index (χ1) is 15.2. The number of H-pyrrole nitrogens is 1. The van der Waals surface area contributed by atoms with Crippen molar-refractivity contribution >= 4 is 33.2 Å². The number of benzene rings is 1. The fraction of sp³-hybridized carbons (Fsp3) is 0.174. The van der Waals surface area contributed by atoms with Crippen molar-refractivity contribution in [3.8, 4) is 27.6 Å². The van der Waals surface area contributed by atoms with Gasteiger partial charge in [-0.25, -0.2) is 14.9 Å². The quantitative estimate of drug-likeness (QED) is 0.388. The van der Waals surface area contributed by atoms with E-state index in [1.165, 1.54) is 22.5 Å². The van der Waals surface area contributed by atoms with Crippen molar-refractivity contribution in [2.45, 2.75) is 25.7 Å². The molecule has 0 fully saturated rings. The first kappa shape index (κ1) is 18.6. The van der Waals surface area contributed by atoms with E-state index in [0.29, 0.717) is 5.02 Å². The molecule has 8 heteroatoms. The zero-order valence-corrected chi connectivity index (χ0v) is 18.0. The van der Waals surface area contributed by atoms with E-state index in [1.54, 1.807) is 0 Å². The minimum atomic E-state index is -0.573. The summed E-state index contributed by atoms with van der Waals surface area (Å²) in [5, 5.41) is 8.25. The minimum absolute atomic E-state index is 0.275. The molecule has 0 saturated heterocycles. The van der Waals surface area contributed by atoms with Gasteiger partial charge >= 0.3 is 5.76 Å². The Kier molecular flexibility index (Phi) is 4.33. The lowest BCUT2D eigenvalue weighted by Crippen LogP contribution is -2.08. The van der Waals surface area contributed by atoms with Crippen LogP contribution in [0.25, 0.3) is 37.8 Å². The van der Waals surface area contributed by atoms with Gasteiger partial charge in [-0.3, -0.25) is 0 Å². The van der Waals surface area contributed by atoms with Gasteiger partial charge in [-0.1, -0.05) is 23.7 Å². The number of thiophene rings is 1. The van der Waals surface area contributed by atoms with Gasteiger partial charge in [-0.15, -0.1) is 16.4 Å². The summed E-state index contributed by atoms with van der Waals surface area (Å²) in [6, 6.07) is 11.9. The molecule has 31 heavy (non-hydrogen) atoms. The summed E-state index contributed by atoms with van der Waals surface area (Å²) >= 11 is 7.69. The van der Waals surface area contributed by atoms with Crippen LogP contribution in [-0.4, -0.2) is 19.7 Å². The topological polar surface area (TPSA) is 76.7 Å². The first-order valence-corrected chi connectivity index (χ1v) is 11.3. The van der Waals surface area contributed by atoms with Crippen LogP contribution in [0.15, 0.2) is 58.0 Å². The predicted octanol–water partition coefficient (Wildman–Crippen LogP) is 5.63. The first-order valence-electron chi connectivity index (χ1n) is 10.1. The van der Waals surface area contributed by atoms with Crippen LogP contribution in [-0.2, 0) is 12.8 Å². The van der Waals surface area contributed by atoms with Crippen molar-refractivity contribution in [3.63, 3.8) is 0 Å². The van der Waals surface area contributed by atoms with E-state index in [9.17, 15) is 4.79 Å². The molecule has 0 aliphatic heterocycles. The van der Waals surface area contributed by atoms with E-state index in [2.05, 4.69) is 22.3 Å². The lowest BCUT2D eigenvalue weighted by Gasteiger charge is -2.20. The Bertz CT molecular complexity index is 1460. The highest BCUT2D eigenvalue weighted by molar-refractivity contribution is 7.22. The van der Waals surface area contributed by atoms with Crippen LogP contribution in [0.1, 0.15) is 24.1 Å². The van der Waals surface area contributed by atoms with Crippen LogP contribution in [0.3, 0.4) is 0 Å². The van der Waals surface area contributed by atoms with Gasteiger partial charge in [0.15, 0.2) is 0 Å². The van der Waals surface area contributed by atoms with Crippen molar-refractivity contribution in [2.24, 2.45) is 0 Å². The van der Waals surface area contributed by atoms with E-state index in [1.807, 2.05) is 41.2 Å². The van der Waals surface area contributed by atoms with Gasteiger partial charge in [0, 0.05) is 28.5 Å². The van der Waals surface area contributed by atoms with Gasteiger partial charge in [0.1, 0.15) is 9.71 Å². The second-order valence-electron chi connectivity index (χ2n) is 7.59. The van der Waals surface area contributed by atoms with E-state index >= 15 is 0 Å². The van der Waals surface area contributed by atoms with Crippen molar-refractivity contribution in [1.82, 2.24) is 19.7 Å². The molecule has 0 radical (unpaired) electrons. The second-order valence-corrected chi connectivity index (χ2v) is 9.03. The summed E-state index contributed by atoms with van der Waals surface area (Å²) < 4.78 is 7.40.